The topological polar surface area (TPSA) is 152 Å². The van der Waals surface area contributed by atoms with Crippen molar-refractivity contribution >= 4 is 40.8 Å². The zero-order valence-corrected chi connectivity index (χ0v) is 19.0. The second kappa shape index (κ2) is 10.3. The first kappa shape index (κ1) is 24.6. The summed E-state index contributed by atoms with van der Waals surface area (Å²) in [6, 6.07) is 0. The molecule has 0 unspecified atom stereocenters. The normalized spacial score (nSPS) is 21.5. The Kier molecular flexibility index (Phi) is 7.42. The molecule has 34 heavy (non-hydrogen) atoms. The van der Waals surface area contributed by atoms with Crippen molar-refractivity contribution in [1.82, 2.24) is 19.5 Å². The van der Waals surface area contributed by atoms with Crippen LogP contribution < -0.4 is 4.90 Å². The Morgan fingerprint density at radius 3 is 2.32 bits per heavy atom. The number of hydrogen-bond donors (Lipinski definition) is 0. The molecule has 1 fully saturated rings. The SMILES string of the molecule is C#CCN(C(C)=O)c1ncnc2c1ncn2[C@@H]1O[C@H](COC(C)=O)[C@@H](OC(C)=O)[C@H]1OC(C)=O. The highest BCUT2D eigenvalue weighted by Crippen LogP contribution is 2.36. The average molecular weight is 473 g/mol. The standard InChI is InChI=1S/C21H23N5O8/c1-6-7-25(11(2)27)19-16-20(23-9-22-19)26(10-24-16)21-18(33-14(5)30)17(32-13(4)29)15(34-21)8-31-12(3)28/h1,9-10,15,17-18,21H,7-8H2,2-5H3/t15-,17-,18-,21-/m1/s1. The fourth-order valence-corrected chi connectivity index (χ4v) is 3.57. The first-order valence-corrected chi connectivity index (χ1v) is 10.2. The highest BCUT2D eigenvalue weighted by molar-refractivity contribution is 5.98. The first-order chi connectivity index (χ1) is 16.1. The number of rotatable bonds is 7. The molecule has 180 valence electrons. The van der Waals surface area contributed by atoms with Crippen LogP contribution in [0.25, 0.3) is 11.2 Å². The first-order valence-electron chi connectivity index (χ1n) is 10.2. The molecular weight excluding hydrogens is 450 g/mol. The summed E-state index contributed by atoms with van der Waals surface area (Å²) in [7, 11) is 0. The van der Waals surface area contributed by atoms with Gasteiger partial charge in [-0.15, -0.1) is 6.42 Å². The van der Waals surface area contributed by atoms with Crippen LogP contribution in [-0.4, -0.2) is 74.8 Å². The lowest BCUT2D eigenvalue weighted by atomic mass is 10.1. The zero-order chi connectivity index (χ0) is 25.0. The van der Waals surface area contributed by atoms with Crippen molar-refractivity contribution in [3.63, 3.8) is 0 Å². The molecule has 1 saturated heterocycles. The lowest BCUT2D eigenvalue weighted by Crippen LogP contribution is -2.40. The minimum Gasteiger partial charge on any atom is -0.463 e. The highest BCUT2D eigenvalue weighted by atomic mass is 16.7. The molecule has 1 aliphatic heterocycles. The predicted molar refractivity (Wildman–Crippen MR) is 114 cm³/mol. The zero-order valence-electron chi connectivity index (χ0n) is 19.0. The summed E-state index contributed by atoms with van der Waals surface area (Å²) in [4.78, 5) is 61.0. The quantitative estimate of drug-likeness (QED) is 0.306. The lowest BCUT2D eigenvalue weighted by molar-refractivity contribution is -0.166. The second-order valence-corrected chi connectivity index (χ2v) is 7.35. The van der Waals surface area contributed by atoms with Gasteiger partial charge in [-0.3, -0.25) is 28.6 Å². The summed E-state index contributed by atoms with van der Waals surface area (Å²) in [6.45, 7) is 4.64. The molecule has 1 amide bonds. The van der Waals surface area contributed by atoms with E-state index < -0.39 is 42.4 Å². The fourth-order valence-electron chi connectivity index (χ4n) is 3.57. The van der Waals surface area contributed by atoms with Gasteiger partial charge < -0.3 is 18.9 Å². The number of esters is 3. The van der Waals surface area contributed by atoms with Crippen molar-refractivity contribution in [3.8, 4) is 12.3 Å². The van der Waals surface area contributed by atoms with Gasteiger partial charge in [0.25, 0.3) is 0 Å². The monoisotopic (exact) mass is 473 g/mol. The number of ether oxygens (including phenoxy) is 4. The Morgan fingerprint density at radius 1 is 1.06 bits per heavy atom. The van der Waals surface area contributed by atoms with Crippen molar-refractivity contribution in [2.75, 3.05) is 18.1 Å². The largest absolute Gasteiger partial charge is 0.463 e. The molecule has 0 radical (unpaired) electrons. The summed E-state index contributed by atoms with van der Waals surface area (Å²) in [5.74, 6) is 0.361. The number of anilines is 1. The van der Waals surface area contributed by atoms with Gasteiger partial charge in [0.2, 0.25) is 5.91 Å². The lowest BCUT2D eigenvalue weighted by Gasteiger charge is -2.23. The molecular formula is C21H23N5O8. The van der Waals surface area contributed by atoms with Crippen molar-refractivity contribution in [3.05, 3.63) is 12.7 Å². The van der Waals surface area contributed by atoms with E-state index in [0.29, 0.717) is 0 Å². The summed E-state index contributed by atoms with van der Waals surface area (Å²) >= 11 is 0. The third kappa shape index (κ3) is 5.12. The van der Waals surface area contributed by atoms with E-state index in [0.717, 1.165) is 0 Å². The number of carbonyl (C=O) groups excluding carboxylic acids is 4. The van der Waals surface area contributed by atoms with E-state index in [1.807, 2.05) is 0 Å². The summed E-state index contributed by atoms with van der Waals surface area (Å²) < 4.78 is 23.3. The van der Waals surface area contributed by atoms with Gasteiger partial charge in [-0.05, 0) is 0 Å². The highest BCUT2D eigenvalue weighted by Gasteiger charge is 2.51. The Bertz CT molecular complexity index is 1160. The predicted octanol–water partition coefficient (Wildman–Crippen LogP) is 0.136. The molecule has 3 rings (SSSR count). The summed E-state index contributed by atoms with van der Waals surface area (Å²) in [5.41, 5.74) is 0.482. The van der Waals surface area contributed by atoms with Crippen LogP contribution in [0, 0.1) is 12.3 Å². The van der Waals surface area contributed by atoms with Crippen LogP contribution >= 0.6 is 0 Å². The van der Waals surface area contributed by atoms with Crippen molar-refractivity contribution < 1.29 is 38.1 Å². The average Bonchev–Trinajstić information content (AvgIpc) is 3.31. The Morgan fingerprint density at radius 2 is 1.74 bits per heavy atom. The molecule has 2 aromatic rings. The maximum atomic E-state index is 12.1. The van der Waals surface area contributed by atoms with Crippen LogP contribution in [0.3, 0.4) is 0 Å². The molecule has 0 aliphatic carbocycles. The molecule has 4 atom stereocenters. The maximum absolute atomic E-state index is 12.1. The Hall–Kier alpha value is -4.05. The molecule has 1 aliphatic rings. The molecule has 3 heterocycles. The van der Waals surface area contributed by atoms with Gasteiger partial charge in [0.05, 0.1) is 12.9 Å². The molecule has 0 aromatic carbocycles. The van der Waals surface area contributed by atoms with Gasteiger partial charge in [0, 0.05) is 27.7 Å². The Labute approximate surface area is 194 Å². The van der Waals surface area contributed by atoms with E-state index in [1.165, 1.54) is 49.8 Å². The maximum Gasteiger partial charge on any atom is 0.303 e. The number of amides is 1. The van der Waals surface area contributed by atoms with Crippen LogP contribution in [0.4, 0.5) is 5.82 Å². The van der Waals surface area contributed by atoms with E-state index in [-0.39, 0.29) is 36.0 Å². The molecule has 0 saturated carbocycles. The molecule has 13 heteroatoms. The molecule has 13 nitrogen and oxygen atoms in total. The van der Waals surface area contributed by atoms with Crippen molar-refractivity contribution in [1.29, 1.82) is 0 Å². The van der Waals surface area contributed by atoms with Gasteiger partial charge in [0.1, 0.15) is 19.0 Å². The van der Waals surface area contributed by atoms with Crippen LogP contribution in [0.1, 0.15) is 33.9 Å². The van der Waals surface area contributed by atoms with Crippen LogP contribution in [0.15, 0.2) is 12.7 Å². The molecule has 2 aromatic heterocycles. The number of nitrogens with zero attached hydrogens (tertiary/aromatic N) is 5. The van der Waals surface area contributed by atoms with Crippen molar-refractivity contribution in [2.45, 2.75) is 52.2 Å². The van der Waals surface area contributed by atoms with Gasteiger partial charge in [-0.2, -0.15) is 0 Å². The van der Waals surface area contributed by atoms with Gasteiger partial charge in [0.15, 0.2) is 35.4 Å². The number of aromatic nitrogens is 4. The Balaban J connectivity index is 2.07. The number of terminal acetylenes is 1. The van der Waals surface area contributed by atoms with E-state index >= 15 is 0 Å². The number of imidazole rings is 1. The minimum atomic E-state index is -1.12. The van der Waals surface area contributed by atoms with Crippen LogP contribution in [0.5, 0.6) is 0 Å². The van der Waals surface area contributed by atoms with Gasteiger partial charge in [-0.25, -0.2) is 15.0 Å². The van der Waals surface area contributed by atoms with Gasteiger partial charge >= 0.3 is 17.9 Å². The summed E-state index contributed by atoms with van der Waals surface area (Å²) in [5, 5.41) is 0. The number of fused-ring (bicyclic) bond motifs is 1. The van der Waals surface area contributed by atoms with E-state index in [1.54, 1.807) is 0 Å². The second-order valence-electron chi connectivity index (χ2n) is 7.35. The van der Waals surface area contributed by atoms with E-state index in [4.69, 9.17) is 25.4 Å². The molecule has 0 bridgehead atoms. The fraction of sp³-hybridized carbons (Fsp3) is 0.476. The summed E-state index contributed by atoms with van der Waals surface area (Å²) in [6.07, 6.45) is 3.75. The molecule has 0 N–H and O–H groups in total. The van der Waals surface area contributed by atoms with E-state index in [2.05, 4.69) is 20.9 Å². The van der Waals surface area contributed by atoms with Crippen LogP contribution in [0.2, 0.25) is 0 Å². The smallest absolute Gasteiger partial charge is 0.303 e. The minimum absolute atomic E-state index is 0.0384. The van der Waals surface area contributed by atoms with Crippen LogP contribution in [-0.2, 0) is 38.1 Å². The van der Waals surface area contributed by atoms with Crippen molar-refractivity contribution in [2.24, 2.45) is 0 Å². The van der Waals surface area contributed by atoms with E-state index in [9.17, 15) is 19.2 Å². The van der Waals surface area contributed by atoms with Gasteiger partial charge in [-0.1, -0.05) is 5.92 Å². The number of hydrogen-bond acceptors (Lipinski definition) is 11. The third-order valence-electron chi connectivity index (χ3n) is 4.84. The molecule has 0 spiro atoms. The third-order valence-corrected chi connectivity index (χ3v) is 4.84. The number of carbonyl (C=O) groups is 4.